The van der Waals surface area contributed by atoms with Crippen molar-refractivity contribution in [3.8, 4) is 11.6 Å². The molecule has 0 saturated heterocycles. The molecule has 0 aliphatic heterocycles. The fraction of sp³-hybridized carbons (Fsp3) is 0.217. The summed E-state index contributed by atoms with van der Waals surface area (Å²) in [6, 6.07) is 17.3. The Balaban J connectivity index is 1.48. The van der Waals surface area contributed by atoms with E-state index in [0.717, 1.165) is 16.8 Å². The number of amides is 2. The SMILES string of the molecule is CN(Cc1ccc(N(C)C)cc1)C(=O)NCc1ccc(Oc2cccc(F)c2)nc1. The van der Waals surface area contributed by atoms with Crippen molar-refractivity contribution in [3.63, 3.8) is 0 Å². The number of halogens is 1. The molecule has 0 fully saturated rings. The van der Waals surface area contributed by atoms with E-state index in [1.54, 1.807) is 36.3 Å². The van der Waals surface area contributed by atoms with E-state index in [1.807, 2.05) is 49.3 Å². The van der Waals surface area contributed by atoms with Gasteiger partial charge in [0, 0.05) is 58.2 Å². The number of carbonyl (C=O) groups excluding carboxylic acids is 1. The van der Waals surface area contributed by atoms with E-state index in [0.29, 0.717) is 24.7 Å². The van der Waals surface area contributed by atoms with Gasteiger partial charge in [-0.25, -0.2) is 14.2 Å². The number of aromatic nitrogens is 1. The summed E-state index contributed by atoms with van der Waals surface area (Å²) in [7, 11) is 5.73. The number of hydrogen-bond acceptors (Lipinski definition) is 4. The van der Waals surface area contributed by atoms with E-state index in [-0.39, 0.29) is 11.8 Å². The van der Waals surface area contributed by atoms with Gasteiger partial charge in [-0.05, 0) is 35.4 Å². The Morgan fingerprint density at radius 1 is 1.03 bits per heavy atom. The van der Waals surface area contributed by atoms with Crippen LogP contribution >= 0.6 is 0 Å². The molecule has 0 aliphatic carbocycles. The molecule has 1 N–H and O–H groups in total. The molecule has 6 nitrogen and oxygen atoms in total. The molecule has 0 atom stereocenters. The van der Waals surface area contributed by atoms with Crippen LogP contribution in [0.5, 0.6) is 11.6 Å². The zero-order valence-corrected chi connectivity index (χ0v) is 17.3. The quantitative estimate of drug-likeness (QED) is 0.629. The number of ether oxygens (including phenoxy) is 1. The van der Waals surface area contributed by atoms with E-state index in [4.69, 9.17) is 4.74 Å². The average Bonchev–Trinajstić information content (AvgIpc) is 2.73. The number of benzene rings is 2. The second-order valence-corrected chi connectivity index (χ2v) is 7.14. The van der Waals surface area contributed by atoms with Crippen molar-refractivity contribution in [1.82, 2.24) is 15.2 Å². The fourth-order valence-electron chi connectivity index (χ4n) is 2.78. The zero-order chi connectivity index (χ0) is 21.5. The van der Waals surface area contributed by atoms with Gasteiger partial charge in [0.05, 0.1) is 0 Å². The highest BCUT2D eigenvalue weighted by atomic mass is 19.1. The van der Waals surface area contributed by atoms with Gasteiger partial charge in [-0.15, -0.1) is 0 Å². The topological polar surface area (TPSA) is 57.7 Å². The molecule has 1 aromatic heterocycles. The molecule has 0 bridgehead atoms. The van der Waals surface area contributed by atoms with Crippen LogP contribution in [0.1, 0.15) is 11.1 Å². The minimum absolute atomic E-state index is 0.174. The van der Waals surface area contributed by atoms with Crippen LogP contribution in [0.3, 0.4) is 0 Å². The van der Waals surface area contributed by atoms with E-state index >= 15 is 0 Å². The Morgan fingerprint density at radius 3 is 2.40 bits per heavy atom. The van der Waals surface area contributed by atoms with Crippen molar-refractivity contribution in [2.45, 2.75) is 13.1 Å². The number of anilines is 1. The Hall–Kier alpha value is -3.61. The van der Waals surface area contributed by atoms with Crippen LogP contribution in [0, 0.1) is 5.82 Å². The summed E-state index contributed by atoms with van der Waals surface area (Å²) < 4.78 is 18.7. The number of urea groups is 1. The van der Waals surface area contributed by atoms with E-state index < -0.39 is 0 Å². The lowest BCUT2D eigenvalue weighted by atomic mass is 10.2. The second-order valence-electron chi connectivity index (χ2n) is 7.14. The van der Waals surface area contributed by atoms with Gasteiger partial charge in [-0.3, -0.25) is 0 Å². The lowest BCUT2D eigenvalue weighted by molar-refractivity contribution is 0.206. The van der Waals surface area contributed by atoms with Crippen molar-refractivity contribution >= 4 is 11.7 Å². The third kappa shape index (κ3) is 5.94. The van der Waals surface area contributed by atoms with Crippen LogP contribution in [0.2, 0.25) is 0 Å². The van der Waals surface area contributed by atoms with Gasteiger partial charge in [0.2, 0.25) is 5.88 Å². The first-order chi connectivity index (χ1) is 14.4. The van der Waals surface area contributed by atoms with E-state index in [9.17, 15) is 9.18 Å². The van der Waals surface area contributed by atoms with Crippen LogP contribution < -0.4 is 15.0 Å². The summed E-state index contributed by atoms with van der Waals surface area (Å²) in [5, 5.41) is 2.87. The molecule has 3 aromatic rings. The Kier molecular flexibility index (Phi) is 6.85. The number of rotatable bonds is 7. The zero-order valence-electron chi connectivity index (χ0n) is 17.3. The molecule has 30 heavy (non-hydrogen) atoms. The summed E-state index contributed by atoms with van der Waals surface area (Å²) >= 11 is 0. The highest BCUT2D eigenvalue weighted by Crippen LogP contribution is 2.20. The monoisotopic (exact) mass is 408 g/mol. The van der Waals surface area contributed by atoms with Gasteiger partial charge in [0.1, 0.15) is 11.6 Å². The predicted molar refractivity (Wildman–Crippen MR) is 115 cm³/mol. The van der Waals surface area contributed by atoms with Gasteiger partial charge in [-0.2, -0.15) is 0 Å². The third-order valence-electron chi connectivity index (χ3n) is 4.48. The summed E-state index contributed by atoms with van der Waals surface area (Å²) in [5.41, 5.74) is 3.00. The third-order valence-corrected chi connectivity index (χ3v) is 4.48. The molecule has 0 spiro atoms. The van der Waals surface area contributed by atoms with Crippen LogP contribution in [-0.4, -0.2) is 37.1 Å². The summed E-state index contributed by atoms with van der Waals surface area (Å²) in [6.45, 7) is 0.855. The smallest absolute Gasteiger partial charge is 0.317 e. The van der Waals surface area contributed by atoms with Crippen molar-refractivity contribution < 1.29 is 13.9 Å². The molecule has 2 amide bonds. The molecular formula is C23H25FN4O2. The number of pyridine rings is 1. The first-order valence-electron chi connectivity index (χ1n) is 9.54. The normalized spacial score (nSPS) is 10.4. The Labute approximate surface area is 175 Å². The highest BCUT2D eigenvalue weighted by molar-refractivity contribution is 5.73. The first-order valence-corrected chi connectivity index (χ1v) is 9.54. The summed E-state index contributed by atoms with van der Waals surface area (Å²) in [4.78, 5) is 20.2. The van der Waals surface area contributed by atoms with Gasteiger partial charge >= 0.3 is 6.03 Å². The number of carbonyl (C=O) groups is 1. The van der Waals surface area contributed by atoms with Gasteiger partial charge in [0.25, 0.3) is 0 Å². The molecule has 7 heteroatoms. The predicted octanol–water partition coefficient (Wildman–Crippen LogP) is 4.42. The molecule has 0 saturated carbocycles. The minimum atomic E-state index is -0.371. The number of nitrogens with one attached hydrogen (secondary N) is 1. The first kappa shape index (κ1) is 21.1. The maximum absolute atomic E-state index is 13.2. The Morgan fingerprint density at radius 2 is 1.77 bits per heavy atom. The molecule has 2 aromatic carbocycles. The summed E-state index contributed by atoms with van der Waals surface area (Å²) in [6.07, 6.45) is 1.62. The molecule has 3 rings (SSSR count). The van der Waals surface area contributed by atoms with Crippen LogP contribution in [0.4, 0.5) is 14.9 Å². The van der Waals surface area contributed by atoms with Gasteiger partial charge in [-0.1, -0.05) is 24.3 Å². The maximum Gasteiger partial charge on any atom is 0.317 e. The molecular weight excluding hydrogens is 383 g/mol. The van der Waals surface area contributed by atoms with Crippen molar-refractivity contribution in [2.24, 2.45) is 0 Å². The molecule has 0 radical (unpaired) electrons. The minimum Gasteiger partial charge on any atom is -0.439 e. The molecule has 156 valence electrons. The van der Waals surface area contributed by atoms with Gasteiger partial charge < -0.3 is 19.9 Å². The number of hydrogen-bond donors (Lipinski definition) is 1. The Bertz CT molecular complexity index is 975. The lowest BCUT2D eigenvalue weighted by Gasteiger charge is -2.19. The largest absolute Gasteiger partial charge is 0.439 e. The fourth-order valence-corrected chi connectivity index (χ4v) is 2.78. The lowest BCUT2D eigenvalue weighted by Crippen LogP contribution is -2.36. The number of nitrogens with zero attached hydrogens (tertiary/aromatic N) is 3. The van der Waals surface area contributed by atoms with Crippen molar-refractivity contribution in [2.75, 3.05) is 26.0 Å². The maximum atomic E-state index is 13.2. The van der Waals surface area contributed by atoms with Crippen molar-refractivity contribution in [1.29, 1.82) is 0 Å². The van der Waals surface area contributed by atoms with Crippen molar-refractivity contribution in [3.05, 3.63) is 83.8 Å². The van der Waals surface area contributed by atoms with Crippen LogP contribution in [0.25, 0.3) is 0 Å². The summed E-state index contributed by atoms with van der Waals surface area (Å²) in [5.74, 6) is 0.363. The van der Waals surface area contributed by atoms with Gasteiger partial charge in [0.15, 0.2) is 0 Å². The van der Waals surface area contributed by atoms with Crippen LogP contribution in [0.15, 0.2) is 66.9 Å². The molecule has 0 unspecified atom stereocenters. The van der Waals surface area contributed by atoms with Crippen LogP contribution in [-0.2, 0) is 13.1 Å². The average molecular weight is 408 g/mol. The second kappa shape index (κ2) is 9.73. The molecule has 1 heterocycles. The van der Waals surface area contributed by atoms with E-state index in [1.165, 1.54) is 12.1 Å². The standard InChI is InChI=1S/C23H25FN4O2/c1-27(2)20-10-7-17(8-11-20)16-28(3)23(29)26-15-18-9-12-22(25-14-18)30-21-6-4-5-19(24)13-21/h4-14H,15-16H2,1-3H3,(H,26,29). The highest BCUT2D eigenvalue weighted by Gasteiger charge is 2.09. The van der Waals surface area contributed by atoms with E-state index in [2.05, 4.69) is 10.3 Å². The molecule has 0 aliphatic rings.